The summed E-state index contributed by atoms with van der Waals surface area (Å²) in [4.78, 5) is 13.2. The van der Waals surface area contributed by atoms with E-state index in [9.17, 15) is 9.90 Å². The van der Waals surface area contributed by atoms with Crippen LogP contribution in [-0.2, 0) is 4.74 Å². The van der Waals surface area contributed by atoms with Crippen molar-refractivity contribution < 1.29 is 19.1 Å². The third-order valence-corrected chi connectivity index (χ3v) is 2.97. The van der Waals surface area contributed by atoms with E-state index in [1.54, 1.807) is 11.8 Å². The molecule has 1 aromatic rings. The lowest BCUT2D eigenvalue weighted by molar-refractivity contribution is 0.0480. The van der Waals surface area contributed by atoms with Crippen LogP contribution in [0.3, 0.4) is 0 Å². The number of hydrogen-bond acceptors (Lipinski definition) is 7. The Morgan fingerprint density at radius 3 is 2.95 bits per heavy atom. The van der Waals surface area contributed by atoms with Gasteiger partial charge in [-0.1, -0.05) is 24.0 Å². The summed E-state index contributed by atoms with van der Waals surface area (Å²) >= 11 is 0. The monoisotopic (exact) mass is 269 g/mol. The lowest BCUT2D eigenvalue weighted by atomic mass is 9.83. The highest BCUT2D eigenvalue weighted by Gasteiger charge is 2.34. The van der Waals surface area contributed by atoms with Gasteiger partial charge in [-0.05, 0) is 18.8 Å². The number of rotatable bonds is 3. The predicted octanol–water partition coefficient (Wildman–Crippen LogP) is 0.843. The molecule has 1 atom stereocenters. The molecule has 1 fully saturated rings. The minimum absolute atomic E-state index is 0.0454. The Kier molecular flexibility index (Phi) is 3.75. The largest absolute Gasteiger partial charge is 0.459 e. The van der Waals surface area contributed by atoms with E-state index in [0.29, 0.717) is 13.1 Å². The highest BCUT2D eigenvalue weighted by atomic mass is 16.5. The second-order valence-electron chi connectivity index (χ2n) is 5.51. The van der Waals surface area contributed by atoms with Crippen LogP contribution in [0, 0.1) is 5.41 Å². The van der Waals surface area contributed by atoms with E-state index in [0.717, 1.165) is 6.42 Å². The zero-order valence-corrected chi connectivity index (χ0v) is 11.4. The van der Waals surface area contributed by atoms with E-state index >= 15 is 0 Å². The number of ether oxygens (including phenoxy) is 1. The number of carbonyl (C=O) groups is 1. The predicted molar refractivity (Wildman–Crippen MR) is 66.9 cm³/mol. The molecule has 0 radical (unpaired) electrons. The van der Waals surface area contributed by atoms with Crippen molar-refractivity contribution in [2.75, 3.05) is 24.6 Å². The third-order valence-electron chi connectivity index (χ3n) is 2.97. The maximum absolute atomic E-state index is 11.4. The molecule has 1 N–H and O–H groups in total. The SMILES string of the molecule is CCOC(=O)c1nnc(N2CC(O)CC(C)(C)C2)o1. The molecule has 7 heteroatoms. The number of hydrogen-bond donors (Lipinski definition) is 1. The topological polar surface area (TPSA) is 88.7 Å². The average molecular weight is 269 g/mol. The molecule has 1 saturated heterocycles. The molecule has 1 aromatic heterocycles. The van der Waals surface area contributed by atoms with Gasteiger partial charge in [0, 0.05) is 13.1 Å². The van der Waals surface area contributed by atoms with Crippen LogP contribution in [0.4, 0.5) is 6.01 Å². The van der Waals surface area contributed by atoms with Gasteiger partial charge in [0.15, 0.2) is 0 Å². The van der Waals surface area contributed by atoms with Gasteiger partial charge in [0.25, 0.3) is 0 Å². The number of carbonyl (C=O) groups excluding carboxylic acids is 1. The van der Waals surface area contributed by atoms with Crippen LogP contribution in [0.1, 0.15) is 37.9 Å². The Morgan fingerprint density at radius 1 is 1.58 bits per heavy atom. The Labute approximate surface area is 111 Å². The molecule has 0 saturated carbocycles. The number of aliphatic hydroxyl groups excluding tert-OH is 1. The van der Waals surface area contributed by atoms with Crippen LogP contribution >= 0.6 is 0 Å². The fourth-order valence-corrected chi connectivity index (χ4v) is 2.37. The van der Waals surface area contributed by atoms with Crippen LogP contribution in [0.15, 0.2) is 4.42 Å². The van der Waals surface area contributed by atoms with E-state index in [-0.39, 0.29) is 23.9 Å². The second kappa shape index (κ2) is 5.16. The molecule has 0 aromatic carbocycles. The second-order valence-corrected chi connectivity index (χ2v) is 5.51. The van der Waals surface area contributed by atoms with Crippen LogP contribution in [0.2, 0.25) is 0 Å². The van der Waals surface area contributed by atoms with Crippen LogP contribution in [0.25, 0.3) is 0 Å². The smallest absolute Gasteiger partial charge is 0.396 e. The molecule has 1 aliphatic rings. The fraction of sp³-hybridized carbons (Fsp3) is 0.750. The number of aliphatic hydroxyl groups is 1. The summed E-state index contributed by atoms with van der Waals surface area (Å²) in [5, 5.41) is 17.4. The minimum atomic E-state index is -0.627. The normalized spacial score (nSPS) is 22.3. The molecule has 1 unspecified atom stereocenters. The quantitative estimate of drug-likeness (QED) is 0.813. The Bertz CT molecular complexity index is 458. The van der Waals surface area contributed by atoms with Crippen molar-refractivity contribution in [3.63, 3.8) is 0 Å². The Morgan fingerprint density at radius 2 is 2.32 bits per heavy atom. The molecular weight excluding hydrogens is 250 g/mol. The Balaban J connectivity index is 2.12. The zero-order valence-electron chi connectivity index (χ0n) is 11.4. The first-order chi connectivity index (χ1) is 8.91. The first kappa shape index (κ1) is 13.8. The molecule has 0 spiro atoms. The summed E-state index contributed by atoms with van der Waals surface area (Å²) in [6, 6.07) is 0.245. The molecule has 0 aliphatic carbocycles. The first-order valence-electron chi connectivity index (χ1n) is 6.35. The zero-order chi connectivity index (χ0) is 14.0. The van der Waals surface area contributed by atoms with Gasteiger partial charge in [-0.15, -0.1) is 0 Å². The molecule has 19 heavy (non-hydrogen) atoms. The third kappa shape index (κ3) is 3.23. The number of β-amino-alcohol motifs (C(OH)–C–C–N with tert-alkyl or cyclic N) is 1. The molecule has 106 valence electrons. The van der Waals surface area contributed by atoms with Crippen molar-refractivity contribution in [2.45, 2.75) is 33.3 Å². The highest BCUT2D eigenvalue weighted by molar-refractivity contribution is 5.84. The lowest BCUT2D eigenvalue weighted by Crippen LogP contribution is -2.47. The van der Waals surface area contributed by atoms with Gasteiger partial charge in [-0.3, -0.25) is 0 Å². The minimum Gasteiger partial charge on any atom is -0.459 e. The molecule has 7 nitrogen and oxygen atoms in total. The van der Waals surface area contributed by atoms with E-state index in [1.807, 2.05) is 0 Å². The first-order valence-corrected chi connectivity index (χ1v) is 6.35. The summed E-state index contributed by atoms with van der Waals surface area (Å²) in [6.07, 6.45) is 0.282. The van der Waals surface area contributed by atoms with Crippen molar-refractivity contribution in [1.29, 1.82) is 0 Å². The van der Waals surface area contributed by atoms with Gasteiger partial charge in [0.05, 0.1) is 12.7 Å². The van der Waals surface area contributed by atoms with Gasteiger partial charge in [0.2, 0.25) is 0 Å². The summed E-state index contributed by atoms with van der Waals surface area (Å²) in [5.41, 5.74) is -0.0454. The lowest BCUT2D eigenvalue weighted by Gasteiger charge is -2.39. The summed E-state index contributed by atoms with van der Waals surface area (Å²) in [7, 11) is 0. The van der Waals surface area contributed by atoms with Gasteiger partial charge < -0.3 is 19.2 Å². The number of piperidine rings is 1. The number of anilines is 1. The van der Waals surface area contributed by atoms with E-state index in [1.165, 1.54) is 0 Å². The fourth-order valence-electron chi connectivity index (χ4n) is 2.37. The molecule has 2 heterocycles. The number of esters is 1. The number of nitrogens with zero attached hydrogens (tertiary/aromatic N) is 3. The summed E-state index contributed by atoms with van der Waals surface area (Å²) in [5.74, 6) is -0.784. The van der Waals surface area contributed by atoms with Crippen molar-refractivity contribution in [1.82, 2.24) is 10.2 Å². The molecular formula is C12H19N3O4. The van der Waals surface area contributed by atoms with Gasteiger partial charge in [0.1, 0.15) is 0 Å². The van der Waals surface area contributed by atoms with Gasteiger partial charge >= 0.3 is 17.9 Å². The molecule has 2 rings (SSSR count). The van der Waals surface area contributed by atoms with E-state index < -0.39 is 12.1 Å². The van der Waals surface area contributed by atoms with Gasteiger partial charge in [-0.2, -0.15) is 0 Å². The summed E-state index contributed by atoms with van der Waals surface area (Å²) in [6.45, 7) is 7.20. The van der Waals surface area contributed by atoms with Crippen molar-refractivity contribution in [3.8, 4) is 0 Å². The molecule has 0 bridgehead atoms. The maximum Gasteiger partial charge on any atom is 0.396 e. The number of aromatic nitrogens is 2. The van der Waals surface area contributed by atoms with Crippen LogP contribution in [-0.4, -0.2) is 47.1 Å². The van der Waals surface area contributed by atoms with Crippen LogP contribution < -0.4 is 4.90 Å². The molecule has 1 aliphatic heterocycles. The van der Waals surface area contributed by atoms with Crippen molar-refractivity contribution >= 4 is 12.0 Å². The van der Waals surface area contributed by atoms with Crippen molar-refractivity contribution in [2.24, 2.45) is 5.41 Å². The maximum atomic E-state index is 11.4. The van der Waals surface area contributed by atoms with Crippen molar-refractivity contribution in [3.05, 3.63) is 5.89 Å². The van der Waals surface area contributed by atoms with E-state index in [4.69, 9.17) is 9.15 Å². The standard InChI is InChI=1S/C12H19N3O4/c1-4-18-10(17)9-13-14-11(19-9)15-6-8(16)5-12(2,3)7-15/h8,16H,4-7H2,1-3H3. The van der Waals surface area contributed by atoms with Crippen LogP contribution in [0.5, 0.6) is 0 Å². The average Bonchev–Trinajstić information content (AvgIpc) is 2.75. The van der Waals surface area contributed by atoms with Gasteiger partial charge in [-0.25, -0.2) is 4.79 Å². The Hall–Kier alpha value is -1.63. The molecule has 0 amide bonds. The highest BCUT2D eigenvalue weighted by Crippen LogP contribution is 2.31. The summed E-state index contributed by atoms with van der Waals surface area (Å²) < 4.78 is 10.1. The van der Waals surface area contributed by atoms with E-state index in [2.05, 4.69) is 24.0 Å².